The van der Waals surface area contributed by atoms with E-state index in [0.717, 1.165) is 18.0 Å². The standard InChI is InChI=1S/C15H18ClN/c16-14-8-4-7-13-12(14)9-10-17-15(13)11-5-2-1-3-6-11/h4,7-8,11H,1-3,5-6,9-10H2. The average molecular weight is 248 g/mol. The fourth-order valence-electron chi connectivity index (χ4n) is 3.15. The van der Waals surface area contributed by atoms with Gasteiger partial charge in [-0.1, -0.05) is 43.0 Å². The van der Waals surface area contributed by atoms with Crippen molar-refractivity contribution >= 4 is 17.3 Å². The van der Waals surface area contributed by atoms with E-state index in [1.807, 2.05) is 6.07 Å². The Morgan fingerprint density at radius 3 is 2.76 bits per heavy atom. The number of nitrogens with zero attached hydrogens (tertiary/aromatic N) is 1. The normalized spacial score (nSPS) is 20.9. The second-order valence-corrected chi connectivity index (χ2v) is 5.53. The lowest BCUT2D eigenvalue weighted by molar-refractivity contribution is 0.438. The Morgan fingerprint density at radius 1 is 1.12 bits per heavy atom. The first kappa shape index (κ1) is 11.3. The van der Waals surface area contributed by atoms with Crippen LogP contribution in [0.3, 0.4) is 0 Å². The molecule has 1 heterocycles. The first-order valence-electron chi connectivity index (χ1n) is 6.68. The molecule has 17 heavy (non-hydrogen) atoms. The molecule has 1 aromatic rings. The molecule has 0 amide bonds. The molecule has 2 heteroatoms. The van der Waals surface area contributed by atoms with E-state index in [-0.39, 0.29) is 0 Å². The SMILES string of the molecule is Clc1cccc2c1CCN=C2C1CCCCC1. The Kier molecular flexibility index (Phi) is 3.19. The molecule has 0 spiro atoms. The van der Waals surface area contributed by atoms with Crippen LogP contribution in [0.25, 0.3) is 0 Å². The fourth-order valence-corrected chi connectivity index (χ4v) is 3.42. The van der Waals surface area contributed by atoms with Crippen molar-refractivity contribution in [3.63, 3.8) is 0 Å². The quantitative estimate of drug-likeness (QED) is 0.703. The molecule has 1 aromatic carbocycles. The molecule has 0 aromatic heterocycles. The molecule has 1 aliphatic heterocycles. The number of hydrogen-bond donors (Lipinski definition) is 0. The smallest absolute Gasteiger partial charge is 0.0454 e. The Morgan fingerprint density at radius 2 is 1.94 bits per heavy atom. The maximum Gasteiger partial charge on any atom is 0.0454 e. The molecule has 0 radical (unpaired) electrons. The van der Waals surface area contributed by atoms with Crippen LogP contribution in [-0.2, 0) is 6.42 Å². The molecule has 0 atom stereocenters. The second-order valence-electron chi connectivity index (χ2n) is 5.12. The highest BCUT2D eigenvalue weighted by Crippen LogP contribution is 2.32. The van der Waals surface area contributed by atoms with Gasteiger partial charge in [0.05, 0.1) is 0 Å². The minimum atomic E-state index is 0.682. The molecular formula is C15H18ClN. The predicted octanol–water partition coefficient (Wildman–Crippen LogP) is 4.27. The van der Waals surface area contributed by atoms with Gasteiger partial charge in [-0.15, -0.1) is 0 Å². The van der Waals surface area contributed by atoms with Crippen molar-refractivity contribution in [2.75, 3.05) is 6.54 Å². The van der Waals surface area contributed by atoms with E-state index >= 15 is 0 Å². The summed E-state index contributed by atoms with van der Waals surface area (Å²) in [5.74, 6) is 0.682. The van der Waals surface area contributed by atoms with Crippen LogP contribution >= 0.6 is 11.6 Å². The van der Waals surface area contributed by atoms with Crippen molar-refractivity contribution in [2.45, 2.75) is 38.5 Å². The first-order valence-corrected chi connectivity index (χ1v) is 7.06. The Hall–Kier alpha value is -0.820. The summed E-state index contributed by atoms with van der Waals surface area (Å²) in [4.78, 5) is 4.79. The summed E-state index contributed by atoms with van der Waals surface area (Å²) in [7, 11) is 0. The first-order chi connectivity index (χ1) is 8.36. The van der Waals surface area contributed by atoms with Crippen LogP contribution in [0.1, 0.15) is 43.2 Å². The Balaban J connectivity index is 1.96. The molecule has 2 aliphatic rings. The van der Waals surface area contributed by atoms with Gasteiger partial charge in [0, 0.05) is 28.8 Å². The maximum atomic E-state index is 6.29. The van der Waals surface area contributed by atoms with Crippen LogP contribution in [-0.4, -0.2) is 12.3 Å². The maximum absolute atomic E-state index is 6.29. The number of fused-ring (bicyclic) bond motifs is 1. The van der Waals surface area contributed by atoms with Gasteiger partial charge < -0.3 is 0 Å². The number of halogens is 1. The molecule has 1 nitrogen and oxygen atoms in total. The van der Waals surface area contributed by atoms with Crippen molar-refractivity contribution in [3.8, 4) is 0 Å². The van der Waals surface area contributed by atoms with E-state index < -0.39 is 0 Å². The summed E-state index contributed by atoms with van der Waals surface area (Å²) in [6.07, 6.45) is 7.74. The Bertz CT molecular complexity index is 444. The van der Waals surface area contributed by atoms with Crippen molar-refractivity contribution in [1.29, 1.82) is 0 Å². The molecular weight excluding hydrogens is 230 g/mol. The highest BCUT2D eigenvalue weighted by Gasteiger charge is 2.24. The van der Waals surface area contributed by atoms with Crippen LogP contribution < -0.4 is 0 Å². The topological polar surface area (TPSA) is 12.4 Å². The Labute approximate surface area is 108 Å². The minimum Gasteiger partial charge on any atom is -0.288 e. The molecule has 1 saturated carbocycles. The number of aliphatic imine (C=N–C) groups is 1. The predicted molar refractivity (Wildman–Crippen MR) is 73.1 cm³/mol. The van der Waals surface area contributed by atoms with Gasteiger partial charge in [0.1, 0.15) is 0 Å². The second kappa shape index (κ2) is 4.81. The van der Waals surface area contributed by atoms with Gasteiger partial charge >= 0.3 is 0 Å². The zero-order valence-electron chi connectivity index (χ0n) is 10.1. The fraction of sp³-hybridized carbons (Fsp3) is 0.533. The van der Waals surface area contributed by atoms with Crippen LogP contribution in [0.15, 0.2) is 23.2 Å². The third-order valence-corrected chi connectivity index (χ3v) is 4.38. The van der Waals surface area contributed by atoms with E-state index in [1.165, 1.54) is 48.9 Å². The van der Waals surface area contributed by atoms with E-state index in [4.69, 9.17) is 16.6 Å². The van der Waals surface area contributed by atoms with Gasteiger partial charge in [0.2, 0.25) is 0 Å². The van der Waals surface area contributed by atoms with E-state index in [9.17, 15) is 0 Å². The molecule has 0 bridgehead atoms. The summed E-state index contributed by atoms with van der Waals surface area (Å²) in [5.41, 5.74) is 3.99. The number of rotatable bonds is 1. The van der Waals surface area contributed by atoms with Crippen LogP contribution in [0.4, 0.5) is 0 Å². The summed E-state index contributed by atoms with van der Waals surface area (Å²) in [6, 6.07) is 6.27. The lowest BCUT2D eigenvalue weighted by Gasteiger charge is -2.27. The third-order valence-electron chi connectivity index (χ3n) is 4.03. The molecule has 0 saturated heterocycles. The van der Waals surface area contributed by atoms with Crippen LogP contribution in [0.5, 0.6) is 0 Å². The zero-order valence-corrected chi connectivity index (χ0v) is 10.8. The summed E-state index contributed by atoms with van der Waals surface area (Å²) in [6.45, 7) is 0.919. The summed E-state index contributed by atoms with van der Waals surface area (Å²) < 4.78 is 0. The molecule has 1 fully saturated rings. The van der Waals surface area contributed by atoms with Gasteiger partial charge in [-0.3, -0.25) is 4.99 Å². The minimum absolute atomic E-state index is 0.682. The molecule has 0 N–H and O–H groups in total. The van der Waals surface area contributed by atoms with Crippen LogP contribution in [0.2, 0.25) is 5.02 Å². The highest BCUT2D eigenvalue weighted by atomic mass is 35.5. The lowest BCUT2D eigenvalue weighted by atomic mass is 9.81. The summed E-state index contributed by atoms with van der Waals surface area (Å²) >= 11 is 6.29. The van der Waals surface area contributed by atoms with Gasteiger partial charge in [-0.05, 0) is 30.9 Å². The van der Waals surface area contributed by atoms with Crippen molar-refractivity contribution in [3.05, 3.63) is 34.3 Å². The van der Waals surface area contributed by atoms with E-state index in [1.54, 1.807) is 0 Å². The molecule has 0 unspecified atom stereocenters. The van der Waals surface area contributed by atoms with E-state index in [0.29, 0.717) is 5.92 Å². The van der Waals surface area contributed by atoms with Crippen LogP contribution in [0, 0.1) is 5.92 Å². The monoisotopic (exact) mass is 247 g/mol. The highest BCUT2D eigenvalue weighted by molar-refractivity contribution is 6.32. The van der Waals surface area contributed by atoms with Gasteiger partial charge in [-0.2, -0.15) is 0 Å². The summed E-state index contributed by atoms with van der Waals surface area (Å²) in [5, 5.41) is 0.922. The van der Waals surface area contributed by atoms with Gasteiger partial charge in [-0.25, -0.2) is 0 Å². The third kappa shape index (κ3) is 2.13. The molecule has 1 aliphatic carbocycles. The average Bonchev–Trinajstić information content (AvgIpc) is 2.40. The molecule has 90 valence electrons. The van der Waals surface area contributed by atoms with Crippen molar-refractivity contribution in [1.82, 2.24) is 0 Å². The van der Waals surface area contributed by atoms with Gasteiger partial charge in [0.25, 0.3) is 0 Å². The molecule has 3 rings (SSSR count). The van der Waals surface area contributed by atoms with E-state index in [2.05, 4.69) is 12.1 Å². The van der Waals surface area contributed by atoms with Crippen molar-refractivity contribution < 1.29 is 0 Å². The number of hydrogen-bond acceptors (Lipinski definition) is 1. The van der Waals surface area contributed by atoms with Gasteiger partial charge in [0.15, 0.2) is 0 Å². The lowest BCUT2D eigenvalue weighted by Crippen LogP contribution is -2.24. The zero-order chi connectivity index (χ0) is 11.7. The largest absolute Gasteiger partial charge is 0.288 e. The number of benzene rings is 1. The van der Waals surface area contributed by atoms with Crippen molar-refractivity contribution in [2.24, 2.45) is 10.9 Å².